The van der Waals surface area contributed by atoms with E-state index in [-0.39, 0.29) is 0 Å². The van der Waals surface area contributed by atoms with Crippen molar-refractivity contribution < 1.29 is 0 Å². The first-order valence-corrected chi connectivity index (χ1v) is 7.48. The highest BCUT2D eigenvalue weighted by molar-refractivity contribution is 5.66. The number of nitrogens with two attached hydrogens (primary N) is 1. The monoisotopic (exact) mass is 267 g/mol. The van der Waals surface area contributed by atoms with Gasteiger partial charge in [-0.1, -0.05) is 36.4 Å². The van der Waals surface area contributed by atoms with E-state index in [2.05, 4.69) is 55.6 Å². The fraction of sp³-hybridized carbons (Fsp3) is 0.333. The topological polar surface area (TPSA) is 26.0 Å². The maximum absolute atomic E-state index is 5.77. The van der Waals surface area contributed by atoms with Crippen molar-refractivity contribution in [1.29, 1.82) is 0 Å². The van der Waals surface area contributed by atoms with Crippen LogP contribution < -0.4 is 10.2 Å². The Morgan fingerprint density at radius 3 is 1.90 bits per heavy atom. The number of rotatable bonds is 3. The minimum Gasteiger partial charge on any atom is -0.330 e. The van der Waals surface area contributed by atoms with Crippen molar-refractivity contribution in [2.24, 2.45) is 5.73 Å². The molecule has 0 saturated heterocycles. The smallest absolute Gasteiger partial charge is 0.140 e. The minimum absolute atomic E-state index is 0.748. The summed E-state index contributed by atoms with van der Waals surface area (Å²) >= 11 is 0. The Bertz CT molecular complexity index is 556. The van der Waals surface area contributed by atoms with Gasteiger partial charge in [-0.05, 0) is 31.5 Å². The van der Waals surface area contributed by atoms with E-state index in [0.717, 1.165) is 36.8 Å². The van der Waals surface area contributed by atoms with Crippen LogP contribution in [0.4, 0.5) is 11.4 Å². The first-order valence-electron chi connectivity index (χ1n) is 7.48. The highest BCUT2D eigenvalue weighted by Crippen LogP contribution is 2.41. The van der Waals surface area contributed by atoms with E-state index >= 15 is 0 Å². The molecule has 2 N–H and O–H groups in total. The molecule has 1 aliphatic heterocycles. The molecule has 0 spiro atoms. The zero-order valence-electron chi connectivity index (χ0n) is 12.2. The molecule has 20 heavy (non-hydrogen) atoms. The van der Waals surface area contributed by atoms with Crippen molar-refractivity contribution in [1.82, 2.24) is 4.48 Å². The van der Waals surface area contributed by atoms with Crippen LogP contribution in [0.2, 0.25) is 0 Å². The molecule has 0 unspecified atom stereocenters. The van der Waals surface area contributed by atoms with E-state index in [9.17, 15) is 0 Å². The van der Waals surface area contributed by atoms with Gasteiger partial charge in [0.05, 0.1) is 13.6 Å². The first kappa shape index (κ1) is 13.3. The number of para-hydroxylation sites is 2. The summed E-state index contributed by atoms with van der Waals surface area (Å²) in [5, 5.41) is 0. The van der Waals surface area contributed by atoms with Crippen LogP contribution in [0.15, 0.2) is 48.5 Å². The van der Waals surface area contributed by atoms with Crippen LogP contribution in [0, 0.1) is 0 Å². The number of fused-ring (bicyclic) bond motifs is 2. The molecule has 0 atom stereocenters. The molecule has 0 amide bonds. The van der Waals surface area contributed by atoms with Gasteiger partial charge in [0.2, 0.25) is 0 Å². The number of benzene rings is 2. The molecule has 0 saturated carbocycles. The van der Waals surface area contributed by atoms with Gasteiger partial charge in [0.25, 0.3) is 0 Å². The second kappa shape index (κ2) is 5.39. The van der Waals surface area contributed by atoms with Crippen molar-refractivity contribution in [2.45, 2.75) is 19.3 Å². The van der Waals surface area contributed by atoms with Crippen molar-refractivity contribution in [2.75, 3.05) is 20.1 Å². The molecular weight excluding hydrogens is 244 g/mol. The van der Waals surface area contributed by atoms with E-state index in [4.69, 9.17) is 5.73 Å². The van der Waals surface area contributed by atoms with Gasteiger partial charge in [0.15, 0.2) is 0 Å². The van der Waals surface area contributed by atoms with Gasteiger partial charge in [0, 0.05) is 17.5 Å². The van der Waals surface area contributed by atoms with Crippen LogP contribution in [0.5, 0.6) is 0 Å². The quantitative estimate of drug-likeness (QED) is 0.847. The maximum atomic E-state index is 5.77. The standard InChI is InChI=1S/C18H23N2/c1-20(14-6-13-19)17-9-4-2-7-15(17)11-12-16-8-3-5-10-18(16)20/h2-5,7-10H,6,11-14,19H2,1H3/q+1. The maximum Gasteiger partial charge on any atom is 0.140 e. The molecule has 3 rings (SSSR count). The van der Waals surface area contributed by atoms with E-state index < -0.39 is 0 Å². The Morgan fingerprint density at radius 1 is 0.900 bits per heavy atom. The van der Waals surface area contributed by atoms with E-state index in [1.165, 1.54) is 22.5 Å². The summed E-state index contributed by atoms with van der Waals surface area (Å²) in [6, 6.07) is 17.8. The highest BCUT2D eigenvalue weighted by atomic mass is 15.3. The van der Waals surface area contributed by atoms with Crippen LogP contribution in [0.25, 0.3) is 0 Å². The molecule has 1 heterocycles. The van der Waals surface area contributed by atoms with Crippen LogP contribution in [0.1, 0.15) is 17.5 Å². The van der Waals surface area contributed by atoms with Gasteiger partial charge in [-0.2, -0.15) is 0 Å². The summed E-state index contributed by atoms with van der Waals surface area (Å²) in [6.07, 6.45) is 3.30. The minimum atomic E-state index is 0.748. The summed E-state index contributed by atoms with van der Waals surface area (Å²) in [7, 11) is 2.33. The Balaban J connectivity index is 2.18. The molecule has 1 aliphatic rings. The molecule has 2 nitrogen and oxygen atoms in total. The zero-order chi connectivity index (χ0) is 14.0. The summed E-state index contributed by atoms with van der Waals surface area (Å²) < 4.78 is 0.879. The fourth-order valence-corrected chi connectivity index (χ4v) is 3.45. The molecule has 2 heteroatoms. The van der Waals surface area contributed by atoms with Crippen molar-refractivity contribution >= 4 is 11.4 Å². The van der Waals surface area contributed by atoms with Crippen LogP contribution in [-0.4, -0.2) is 20.1 Å². The number of quaternary nitrogens is 1. The summed E-state index contributed by atoms with van der Waals surface area (Å²) in [5.74, 6) is 0. The van der Waals surface area contributed by atoms with Gasteiger partial charge in [0.1, 0.15) is 11.4 Å². The van der Waals surface area contributed by atoms with Crippen LogP contribution in [-0.2, 0) is 12.8 Å². The van der Waals surface area contributed by atoms with Crippen molar-refractivity contribution in [3.63, 3.8) is 0 Å². The van der Waals surface area contributed by atoms with Gasteiger partial charge < -0.3 is 5.73 Å². The largest absolute Gasteiger partial charge is 0.330 e. The van der Waals surface area contributed by atoms with E-state index in [1.807, 2.05) is 0 Å². The second-order valence-corrected chi connectivity index (χ2v) is 5.81. The lowest BCUT2D eigenvalue weighted by Gasteiger charge is -2.35. The third kappa shape index (κ3) is 2.15. The first-order chi connectivity index (χ1) is 9.75. The molecule has 0 fully saturated rings. The molecule has 2 aromatic rings. The average molecular weight is 267 g/mol. The van der Waals surface area contributed by atoms with E-state index in [1.54, 1.807) is 0 Å². The van der Waals surface area contributed by atoms with Gasteiger partial charge in [-0.15, -0.1) is 0 Å². The normalized spacial score (nSPS) is 16.1. The molecule has 0 aromatic heterocycles. The number of hydrogen-bond acceptors (Lipinski definition) is 1. The average Bonchev–Trinajstić information content (AvgIpc) is 2.62. The Hall–Kier alpha value is -1.64. The number of aryl methyl sites for hydroxylation is 2. The molecule has 0 radical (unpaired) electrons. The summed E-state index contributed by atoms with van der Waals surface area (Å²) in [4.78, 5) is 0. The van der Waals surface area contributed by atoms with Gasteiger partial charge >= 0.3 is 0 Å². The van der Waals surface area contributed by atoms with Gasteiger partial charge in [-0.3, -0.25) is 4.48 Å². The fourth-order valence-electron chi connectivity index (χ4n) is 3.45. The molecule has 0 aliphatic carbocycles. The lowest BCUT2D eigenvalue weighted by molar-refractivity contribution is 0.446. The number of nitrogens with zero attached hydrogens (tertiary/aromatic N) is 1. The Labute approximate surface area is 121 Å². The molecule has 104 valence electrons. The van der Waals surface area contributed by atoms with Crippen LogP contribution in [0.3, 0.4) is 0 Å². The van der Waals surface area contributed by atoms with Crippen molar-refractivity contribution in [3.8, 4) is 0 Å². The predicted octanol–water partition coefficient (Wildman–Crippen LogP) is 3.40. The lowest BCUT2D eigenvalue weighted by Crippen LogP contribution is -2.42. The summed E-state index contributed by atoms with van der Waals surface area (Å²) in [5.41, 5.74) is 11.6. The Morgan fingerprint density at radius 2 is 1.40 bits per heavy atom. The highest BCUT2D eigenvalue weighted by Gasteiger charge is 2.34. The second-order valence-electron chi connectivity index (χ2n) is 5.81. The lowest BCUT2D eigenvalue weighted by atomic mass is 10.0. The molecular formula is C18H23N2+. The predicted molar refractivity (Wildman–Crippen MR) is 86.2 cm³/mol. The zero-order valence-corrected chi connectivity index (χ0v) is 12.2. The number of hydrogen-bond donors (Lipinski definition) is 1. The molecule has 2 aromatic carbocycles. The van der Waals surface area contributed by atoms with Gasteiger partial charge in [-0.25, -0.2) is 0 Å². The third-order valence-electron chi connectivity index (χ3n) is 4.52. The van der Waals surface area contributed by atoms with E-state index in [0.29, 0.717) is 0 Å². The van der Waals surface area contributed by atoms with Crippen molar-refractivity contribution in [3.05, 3.63) is 59.7 Å². The Kier molecular flexibility index (Phi) is 3.60. The van der Waals surface area contributed by atoms with Crippen LogP contribution >= 0.6 is 0 Å². The molecule has 0 bridgehead atoms. The third-order valence-corrected chi connectivity index (χ3v) is 4.52. The summed E-state index contributed by atoms with van der Waals surface area (Å²) in [6.45, 7) is 1.81. The SMILES string of the molecule is C[N+]1(CCCN)c2ccccc2CCc2ccccc21.